The molecular weight excluding hydrogens is 635 g/mol. The summed E-state index contributed by atoms with van der Waals surface area (Å²) < 4.78 is 22.2. The number of anilines is 4. The number of pyridine rings is 1. The number of halogens is 2. The fraction of sp³-hybridized carbons (Fsp3) is 0.333. The summed E-state index contributed by atoms with van der Waals surface area (Å²) in [6, 6.07) is 11.5. The number of carbonyl (C=O) groups excluding carboxylic acids is 3. The van der Waals surface area contributed by atoms with Crippen molar-refractivity contribution in [2.24, 2.45) is 0 Å². The van der Waals surface area contributed by atoms with Gasteiger partial charge in [-0.2, -0.15) is 0 Å². The molecule has 0 aliphatic heterocycles. The fourth-order valence-electron chi connectivity index (χ4n) is 4.07. The lowest BCUT2D eigenvalue weighted by molar-refractivity contribution is -0.111. The topological polar surface area (TPSA) is 120 Å². The van der Waals surface area contributed by atoms with Gasteiger partial charge in [0.1, 0.15) is 38.6 Å². The predicted octanol–water partition coefficient (Wildman–Crippen LogP) is 8.55. The monoisotopic (exact) mass is 672 g/mol. The van der Waals surface area contributed by atoms with E-state index in [0.29, 0.717) is 16.9 Å². The molecule has 0 radical (unpaired) electrons. The lowest BCUT2D eigenvalue weighted by atomic mass is 10.2. The molecule has 3 rings (SSSR count). The van der Waals surface area contributed by atoms with Crippen molar-refractivity contribution in [2.45, 2.75) is 59.3 Å². The van der Waals surface area contributed by atoms with E-state index in [0.717, 1.165) is 6.08 Å². The summed E-state index contributed by atoms with van der Waals surface area (Å²) in [6.45, 7) is 13.8. The summed E-state index contributed by atoms with van der Waals surface area (Å²) in [5.74, 6) is 0.181. The molecule has 0 aliphatic carbocycles. The van der Waals surface area contributed by atoms with Gasteiger partial charge in [-0.25, -0.2) is 19.5 Å². The third-order valence-corrected chi connectivity index (χ3v) is 6.71. The molecular formula is C33H38Cl2N4O7. The quantitative estimate of drug-likeness (QED) is 0.225. The minimum Gasteiger partial charge on any atom is -0.495 e. The van der Waals surface area contributed by atoms with E-state index in [4.69, 9.17) is 42.1 Å². The molecule has 0 fully saturated rings. The van der Waals surface area contributed by atoms with Crippen molar-refractivity contribution in [1.82, 2.24) is 4.98 Å². The SMILES string of the molecule is C=CC(=O)Nc1ccccc1N(C(=O)OC(C)(C)C)c1ccc(CN(C(=O)OC(C)(C)C)c2c(Cl)c(OC)cc(OC)c2Cl)cn1. The van der Waals surface area contributed by atoms with E-state index >= 15 is 0 Å². The average Bonchev–Trinajstić information content (AvgIpc) is 2.96. The van der Waals surface area contributed by atoms with Crippen LogP contribution in [-0.4, -0.2) is 48.5 Å². The van der Waals surface area contributed by atoms with Gasteiger partial charge in [0.25, 0.3) is 0 Å². The first kappa shape index (κ1) is 36.0. The molecule has 1 heterocycles. The van der Waals surface area contributed by atoms with E-state index in [9.17, 15) is 14.4 Å². The highest BCUT2D eigenvalue weighted by molar-refractivity contribution is 6.41. The summed E-state index contributed by atoms with van der Waals surface area (Å²) in [4.78, 5) is 46.3. The number of nitrogens with one attached hydrogen (secondary N) is 1. The Kier molecular flexibility index (Phi) is 11.5. The second kappa shape index (κ2) is 14.7. The molecule has 11 nitrogen and oxygen atoms in total. The number of benzene rings is 2. The average molecular weight is 674 g/mol. The first-order chi connectivity index (χ1) is 21.5. The van der Waals surface area contributed by atoms with Gasteiger partial charge in [-0.15, -0.1) is 0 Å². The van der Waals surface area contributed by atoms with Gasteiger partial charge in [-0.1, -0.05) is 48.0 Å². The first-order valence-electron chi connectivity index (χ1n) is 14.1. The van der Waals surface area contributed by atoms with Crippen LogP contribution in [0, 0.1) is 0 Å². The minimum atomic E-state index is -0.846. The summed E-state index contributed by atoms with van der Waals surface area (Å²) >= 11 is 13.4. The molecule has 46 heavy (non-hydrogen) atoms. The number of amides is 3. The van der Waals surface area contributed by atoms with Gasteiger partial charge in [0.05, 0.1) is 37.8 Å². The zero-order valence-corrected chi connectivity index (χ0v) is 28.6. The zero-order valence-electron chi connectivity index (χ0n) is 27.1. The summed E-state index contributed by atoms with van der Waals surface area (Å²) in [5, 5.41) is 2.84. The van der Waals surface area contributed by atoms with Crippen LogP contribution >= 0.6 is 23.2 Å². The van der Waals surface area contributed by atoms with Crippen molar-refractivity contribution >= 4 is 64.2 Å². The van der Waals surface area contributed by atoms with Crippen molar-refractivity contribution in [3.8, 4) is 11.5 Å². The lowest BCUT2D eigenvalue weighted by Crippen LogP contribution is -2.37. The van der Waals surface area contributed by atoms with Crippen LogP contribution < -0.4 is 24.6 Å². The van der Waals surface area contributed by atoms with Crippen molar-refractivity contribution in [3.05, 3.63) is 76.9 Å². The Labute approximate surface area is 279 Å². The number of nitrogens with zero attached hydrogens (tertiary/aromatic N) is 3. The van der Waals surface area contributed by atoms with Crippen LogP contribution in [-0.2, 0) is 20.8 Å². The van der Waals surface area contributed by atoms with E-state index in [-0.39, 0.29) is 39.6 Å². The summed E-state index contributed by atoms with van der Waals surface area (Å²) in [6.07, 6.45) is 1.13. The highest BCUT2D eigenvalue weighted by Gasteiger charge is 2.31. The Morgan fingerprint density at radius 1 is 0.891 bits per heavy atom. The molecule has 1 aromatic heterocycles. The Morgan fingerprint density at radius 3 is 1.96 bits per heavy atom. The second-order valence-electron chi connectivity index (χ2n) is 11.9. The van der Waals surface area contributed by atoms with Gasteiger partial charge in [0.2, 0.25) is 5.91 Å². The summed E-state index contributed by atoms with van der Waals surface area (Å²) in [5.41, 5.74) is -0.400. The van der Waals surface area contributed by atoms with Gasteiger partial charge in [-0.05, 0) is 71.4 Å². The smallest absolute Gasteiger partial charge is 0.420 e. The Bertz CT molecular complexity index is 1570. The van der Waals surface area contributed by atoms with Gasteiger partial charge in [0.15, 0.2) is 0 Å². The van der Waals surface area contributed by atoms with Crippen LogP contribution in [0.15, 0.2) is 61.3 Å². The number of methoxy groups -OCH3 is 2. The van der Waals surface area contributed by atoms with Gasteiger partial charge in [0, 0.05) is 12.3 Å². The van der Waals surface area contributed by atoms with E-state index in [2.05, 4.69) is 16.9 Å². The largest absolute Gasteiger partial charge is 0.495 e. The third-order valence-electron chi connectivity index (χ3n) is 5.98. The van der Waals surface area contributed by atoms with E-state index in [1.54, 1.807) is 77.9 Å². The highest BCUT2D eigenvalue weighted by Crippen LogP contribution is 2.47. The number of ether oxygens (including phenoxy) is 4. The first-order valence-corrected chi connectivity index (χ1v) is 14.9. The molecule has 0 saturated heterocycles. The molecule has 3 aromatic rings. The molecule has 0 spiro atoms. The van der Waals surface area contributed by atoms with Crippen molar-refractivity contribution in [2.75, 3.05) is 29.3 Å². The molecule has 2 aromatic carbocycles. The standard InChI is InChI=1S/C33H38Cl2N4O7/c1-10-26(40)37-21-13-11-12-14-22(21)39(31(42)46-33(5,6)7)25-16-15-20(18-36-25)19-38(30(41)45-32(2,3)4)29-27(34)23(43-8)17-24(44-9)28(29)35/h10-18H,1,19H2,2-9H3,(H,37,40). The van der Waals surface area contributed by atoms with Crippen molar-refractivity contribution in [3.63, 3.8) is 0 Å². The second-order valence-corrected chi connectivity index (χ2v) is 12.6. The Hall–Kier alpha value is -4.48. The van der Waals surface area contributed by atoms with Gasteiger partial charge >= 0.3 is 12.2 Å². The lowest BCUT2D eigenvalue weighted by Gasteiger charge is -2.30. The van der Waals surface area contributed by atoms with E-state index in [1.807, 2.05) is 0 Å². The fourth-order valence-corrected chi connectivity index (χ4v) is 4.77. The number of para-hydroxylation sites is 2. The molecule has 0 aliphatic rings. The molecule has 1 N–H and O–H groups in total. The minimum absolute atomic E-state index is 0.0676. The molecule has 246 valence electrons. The molecule has 0 unspecified atom stereocenters. The maximum Gasteiger partial charge on any atom is 0.420 e. The maximum atomic E-state index is 13.6. The van der Waals surface area contributed by atoms with Crippen LogP contribution in [0.5, 0.6) is 11.5 Å². The number of hydrogen-bond acceptors (Lipinski definition) is 8. The normalized spacial score (nSPS) is 11.3. The van der Waals surface area contributed by atoms with Crippen LogP contribution in [0.4, 0.5) is 32.5 Å². The van der Waals surface area contributed by atoms with Gasteiger partial charge in [-0.3, -0.25) is 9.69 Å². The van der Waals surface area contributed by atoms with Crippen molar-refractivity contribution < 1.29 is 33.3 Å². The van der Waals surface area contributed by atoms with E-state index < -0.39 is 29.3 Å². The highest BCUT2D eigenvalue weighted by atomic mass is 35.5. The predicted molar refractivity (Wildman–Crippen MR) is 180 cm³/mol. The van der Waals surface area contributed by atoms with E-state index in [1.165, 1.54) is 36.3 Å². The number of carbonyl (C=O) groups is 3. The van der Waals surface area contributed by atoms with Crippen LogP contribution in [0.3, 0.4) is 0 Å². The number of hydrogen-bond donors (Lipinski definition) is 1. The number of rotatable bonds is 9. The number of aromatic nitrogens is 1. The van der Waals surface area contributed by atoms with Crippen molar-refractivity contribution in [1.29, 1.82) is 0 Å². The van der Waals surface area contributed by atoms with Gasteiger partial charge < -0.3 is 24.3 Å². The summed E-state index contributed by atoms with van der Waals surface area (Å²) in [7, 11) is 2.85. The van der Waals surface area contributed by atoms with Crippen LogP contribution in [0.25, 0.3) is 0 Å². The molecule has 13 heteroatoms. The Morgan fingerprint density at radius 2 is 1.46 bits per heavy atom. The third kappa shape index (κ3) is 9.04. The molecule has 0 saturated carbocycles. The zero-order chi connectivity index (χ0) is 34.4. The molecule has 0 bridgehead atoms. The van der Waals surface area contributed by atoms with Crippen LogP contribution in [0.2, 0.25) is 10.0 Å². The Balaban J connectivity index is 2.12. The maximum absolute atomic E-state index is 13.6. The molecule has 0 atom stereocenters. The molecule has 3 amide bonds. The van der Waals surface area contributed by atoms with Crippen LogP contribution in [0.1, 0.15) is 47.1 Å².